The molecule has 1 saturated heterocycles. The molecule has 3 N–H and O–H groups in total. The Bertz CT molecular complexity index is 235. The van der Waals surface area contributed by atoms with E-state index in [9.17, 15) is 9.90 Å². The molecule has 15 heavy (non-hydrogen) atoms. The van der Waals surface area contributed by atoms with Gasteiger partial charge in [-0.05, 0) is 18.3 Å². The van der Waals surface area contributed by atoms with Crippen LogP contribution in [0, 0.1) is 5.41 Å². The summed E-state index contributed by atoms with van der Waals surface area (Å²) in [5.41, 5.74) is 0.0632. The smallest absolute Gasteiger partial charge is 0.236 e. The van der Waals surface area contributed by atoms with E-state index >= 15 is 0 Å². The fraction of sp³-hybridized carbons (Fsp3) is 0.909. The third-order valence-electron chi connectivity index (χ3n) is 3.03. The van der Waals surface area contributed by atoms with Gasteiger partial charge in [0.15, 0.2) is 0 Å². The number of rotatable bonds is 1. The van der Waals surface area contributed by atoms with Crippen LogP contribution in [0.1, 0.15) is 33.6 Å². The van der Waals surface area contributed by atoms with E-state index in [0.717, 1.165) is 6.42 Å². The standard InChI is InChI=1S/C11H22N2O2/c1-11(2,3)9-6-7(14)5-8(13-9)10(15)12-4/h7-9,13-14H,5-6H2,1-4H3,(H,12,15)/t7-,8-,9+/m0/s1. The molecular weight excluding hydrogens is 192 g/mol. The highest BCUT2D eigenvalue weighted by molar-refractivity contribution is 5.81. The van der Waals surface area contributed by atoms with Gasteiger partial charge in [0, 0.05) is 13.1 Å². The second-order valence-corrected chi connectivity index (χ2v) is 5.38. The van der Waals surface area contributed by atoms with E-state index in [4.69, 9.17) is 0 Å². The Kier molecular flexibility index (Phi) is 3.73. The number of nitrogens with one attached hydrogen (secondary N) is 2. The first-order valence-electron chi connectivity index (χ1n) is 5.50. The maximum absolute atomic E-state index is 11.5. The van der Waals surface area contributed by atoms with Crippen LogP contribution in [0.5, 0.6) is 0 Å². The van der Waals surface area contributed by atoms with Gasteiger partial charge in [0.1, 0.15) is 0 Å². The molecule has 1 aliphatic rings. The molecule has 0 bridgehead atoms. The number of carbonyl (C=O) groups is 1. The number of aliphatic hydroxyl groups excluding tert-OH is 1. The van der Waals surface area contributed by atoms with Crippen molar-refractivity contribution in [3.8, 4) is 0 Å². The van der Waals surface area contributed by atoms with Gasteiger partial charge in [0.2, 0.25) is 5.91 Å². The molecule has 0 aromatic carbocycles. The molecular formula is C11H22N2O2. The molecule has 1 amide bonds. The van der Waals surface area contributed by atoms with Crippen molar-refractivity contribution in [3.63, 3.8) is 0 Å². The van der Waals surface area contributed by atoms with E-state index in [0.29, 0.717) is 6.42 Å². The summed E-state index contributed by atoms with van der Waals surface area (Å²) in [6, 6.07) is -0.0773. The van der Waals surface area contributed by atoms with Crippen LogP contribution in [0.4, 0.5) is 0 Å². The molecule has 4 heteroatoms. The van der Waals surface area contributed by atoms with Crippen LogP contribution in [-0.4, -0.2) is 36.2 Å². The first-order chi connectivity index (χ1) is 6.84. The van der Waals surface area contributed by atoms with Crippen LogP contribution in [0.25, 0.3) is 0 Å². The highest BCUT2D eigenvalue weighted by Gasteiger charge is 2.36. The lowest BCUT2D eigenvalue weighted by Gasteiger charge is -2.40. The van der Waals surface area contributed by atoms with Gasteiger partial charge < -0.3 is 15.7 Å². The van der Waals surface area contributed by atoms with Crippen molar-refractivity contribution in [3.05, 3.63) is 0 Å². The van der Waals surface area contributed by atoms with Crippen LogP contribution >= 0.6 is 0 Å². The molecule has 0 unspecified atom stereocenters. The molecule has 0 spiro atoms. The lowest BCUT2D eigenvalue weighted by molar-refractivity contribution is -0.125. The predicted molar refractivity (Wildman–Crippen MR) is 59.5 cm³/mol. The molecule has 1 rings (SSSR count). The minimum atomic E-state index is -0.377. The highest BCUT2D eigenvalue weighted by atomic mass is 16.3. The van der Waals surface area contributed by atoms with Gasteiger partial charge >= 0.3 is 0 Å². The molecule has 0 aliphatic carbocycles. The van der Waals surface area contributed by atoms with Crippen molar-refractivity contribution in [1.29, 1.82) is 0 Å². The van der Waals surface area contributed by atoms with Crippen LogP contribution in [0.3, 0.4) is 0 Å². The first kappa shape index (κ1) is 12.5. The average molecular weight is 214 g/mol. The number of aliphatic hydroxyl groups is 1. The maximum atomic E-state index is 11.5. The zero-order valence-electron chi connectivity index (χ0n) is 10.0. The lowest BCUT2D eigenvalue weighted by Crippen LogP contribution is -2.57. The molecule has 0 radical (unpaired) electrons. The average Bonchev–Trinajstić information content (AvgIpc) is 2.14. The molecule has 88 valence electrons. The van der Waals surface area contributed by atoms with E-state index in [1.165, 1.54) is 0 Å². The summed E-state index contributed by atoms with van der Waals surface area (Å²) in [4.78, 5) is 11.5. The zero-order valence-corrected chi connectivity index (χ0v) is 10.0. The first-order valence-corrected chi connectivity index (χ1v) is 5.50. The number of hydrogen-bond acceptors (Lipinski definition) is 3. The van der Waals surface area contributed by atoms with Gasteiger partial charge in [-0.2, -0.15) is 0 Å². The summed E-state index contributed by atoms with van der Waals surface area (Å²) in [6.07, 6.45) is 0.848. The number of carbonyl (C=O) groups excluding carboxylic acids is 1. The number of amides is 1. The van der Waals surface area contributed by atoms with E-state index in [1.54, 1.807) is 7.05 Å². The third-order valence-corrected chi connectivity index (χ3v) is 3.03. The predicted octanol–water partition coefficient (Wildman–Crippen LogP) is 0.260. The third kappa shape index (κ3) is 3.18. The van der Waals surface area contributed by atoms with E-state index in [-0.39, 0.29) is 29.5 Å². The summed E-state index contributed by atoms with van der Waals surface area (Å²) in [5, 5.41) is 15.7. The van der Waals surface area contributed by atoms with Crippen molar-refractivity contribution in [2.24, 2.45) is 5.41 Å². The lowest BCUT2D eigenvalue weighted by atomic mass is 9.79. The topological polar surface area (TPSA) is 61.4 Å². The van der Waals surface area contributed by atoms with Crippen LogP contribution in [0.15, 0.2) is 0 Å². The summed E-state index contributed by atoms with van der Waals surface area (Å²) >= 11 is 0. The molecule has 0 saturated carbocycles. The molecule has 1 aliphatic heterocycles. The monoisotopic (exact) mass is 214 g/mol. The SMILES string of the molecule is CNC(=O)[C@@H]1C[C@H](O)C[C@H](C(C)(C)C)N1. The second kappa shape index (κ2) is 4.49. The molecule has 4 nitrogen and oxygen atoms in total. The van der Waals surface area contributed by atoms with E-state index < -0.39 is 0 Å². The summed E-state index contributed by atoms with van der Waals surface area (Å²) in [5.74, 6) is -0.0389. The summed E-state index contributed by atoms with van der Waals surface area (Å²) < 4.78 is 0. The Balaban J connectivity index is 2.68. The quantitative estimate of drug-likeness (QED) is 0.587. The van der Waals surface area contributed by atoms with Crippen LogP contribution < -0.4 is 10.6 Å². The van der Waals surface area contributed by atoms with Crippen LogP contribution in [-0.2, 0) is 4.79 Å². The van der Waals surface area contributed by atoms with Crippen molar-refractivity contribution < 1.29 is 9.90 Å². The fourth-order valence-corrected chi connectivity index (χ4v) is 1.98. The zero-order chi connectivity index (χ0) is 11.6. The molecule has 1 heterocycles. The molecule has 0 aromatic rings. The van der Waals surface area contributed by atoms with Crippen molar-refractivity contribution in [1.82, 2.24) is 10.6 Å². The Morgan fingerprint density at radius 3 is 2.47 bits per heavy atom. The van der Waals surface area contributed by atoms with Gasteiger partial charge in [0.25, 0.3) is 0 Å². The van der Waals surface area contributed by atoms with Crippen molar-refractivity contribution in [2.75, 3.05) is 7.05 Å². The minimum Gasteiger partial charge on any atom is -0.393 e. The number of hydrogen-bond donors (Lipinski definition) is 3. The molecule has 0 aromatic heterocycles. The van der Waals surface area contributed by atoms with Crippen molar-refractivity contribution >= 4 is 5.91 Å². The van der Waals surface area contributed by atoms with Crippen molar-refractivity contribution in [2.45, 2.75) is 51.8 Å². The molecule has 1 fully saturated rings. The van der Waals surface area contributed by atoms with Gasteiger partial charge in [-0.15, -0.1) is 0 Å². The molecule has 3 atom stereocenters. The van der Waals surface area contributed by atoms with Gasteiger partial charge in [0.05, 0.1) is 12.1 Å². The number of piperidine rings is 1. The Morgan fingerprint density at radius 1 is 1.40 bits per heavy atom. The van der Waals surface area contributed by atoms with E-state index in [1.807, 2.05) is 0 Å². The van der Waals surface area contributed by atoms with Gasteiger partial charge in [-0.1, -0.05) is 20.8 Å². The normalized spacial score (nSPS) is 32.5. The summed E-state index contributed by atoms with van der Waals surface area (Å²) in [6.45, 7) is 6.34. The Morgan fingerprint density at radius 2 is 2.00 bits per heavy atom. The minimum absolute atomic E-state index is 0.0389. The van der Waals surface area contributed by atoms with Gasteiger partial charge in [-0.3, -0.25) is 4.79 Å². The Hall–Kier alpha value is -0.610. The highest BCUT2D eigenvalue weighted by Crippen LogP contribution is 2.27. The largest absolute Gasteiger partial charge is 0.393 e. The fourth-order valence-electron chi connectivity index (χ4n) is 1.98. The second-order valence-electron chi connectivity index (χ2n) is 5.38. The van der Waals surface area contributed by atoms with E-state index in [2.05, 4.69) is 31.4 Å². The number of likely N-dealkylation sites (N-methyl/N-ethyl adjacent to an activating group) is 1. The Labute approximate surface area is 91.4 Å². The summed E-state index contributed by atoms with van der Waals surface area (Å²) in [7, 11) is 1.62. The van der Waals surface area contributed by atoms with Crippen LogP contribution in [0.2, 0.25) is 0 Å². The maximum Gasteiger partial charge on any atom is 0.236 e. The van der Waals surface area contributed by atoms with Gasteiger partial charge in [-0.25, -0.2) is 0 Å².